The molecule has 1 saturated heterocycles. The molecule has 3 heterocycles. The van der Waals surface area contributed by atoms with Gasteiger partial charge in [-0.15, -0.1) is 0 Å². The van der Waals surface area contributed by atoms with Gasteiger partial charge in [0.05, 0.1) is 29.5 Å². The van der Waals surface area contributed by atoms with Crippen molar-refractivity contribution in [1.82, 2.24) is 20.2 Å². The molecule has 0 bridgehead atoms. The fourth-order valence-corrected chi connectivity index (χ4v) is 3.51. The summed E-state index contributed by atoms with van der Waals surface area (Å²) in [6.45, 7) is 6.03. The number of anilines is 1. The molecule has 0 spiro atoms. The highest BCUT2D eigenvalue weighted by atomic mass is 19.1. The van der Waals surface area contributed by atoms with Gasteiger partial charge in [-0.1, -0.05) is 0 Å². The number of nitrogens with two attached hydrogens (primary N) is 1. The molecular formula is C19H23FN6O2. The van der Waals surface area contributed by atoms with Crippen molar-refractivity contribution in [2.45, 2.75) is 45.1 Å². The third-order valence-corrected chi connectivity index (χ3v) is 5.04. The minimum atomic E-state index is -0.613. The summed E-state index contributed by atoms with van der Waals surface area (Å²) in [5, 5.41) is 17.9. The lowest BCUT2D eigenvalue weighted by molar-refractivity contribution is 0.175. The van der Waals surface area contributed by atoms with E-state index in [4.69, 9.17) is 10.5 Å². The Morgan fingerprint density at radius 1 is 1.32 bits per heavy atom. The number of aliphatic hydroxyl groups excluding tert-OH is 1. The van der Waals surface area contributed by atoms with Crippen LogP contribution in [0.15, 0.2) is 24.5 Å². The Balaban J connectivity index is 1.74. The smallest absolute Gasteiger partial charge is 0.167 e. The first-order valence-corrected chi connectivity index (χ1v) is 9.22. The first-order chi connectivity index (χ1) is 13.3. The van der Waals surface area contributed by atoms with E-state index in [0.717, 1.165) is 0 Å². The monoisotopic (exact) mass is 386 g/mol. The molecule has 9 heteroatoms. The second kappa shape index (κ2) is 6.99. The minimum Gasteiger partial charge on any atom is -0.488 e. The second-order valence-electron chi connectivity index (χ2n) is 7.37. The predicted molar refractivity (Wildman–Crippen MR) is 104 cm³/mol. The van der Waals surface area contributed by atoms with E-state index >= 15 is 0 Å². The first kappa shape index (κ1) is 18.6. The van der Waals surface area contributed by atoms with Gasteiger partial charge in [0.1, 0.15) is 17.8 Å². The van der Waals surface area contributed by atoms with Crippen LogP contribution in [0, 0.1) is 5.82 Å². The third kappa shape index (κ3) is 3.16. The van der Waals surface area contributed by atoms with Crippen LogP contribution in [0.4, 0.5) is 10.2 Å². The Labute approximate surface area is 161 Å². The van der Waals surface area contributed by atoms with Crippen LogP contribution in [0.3, 0.4) is 0 Å². The first-order valence-electron chi connectivity index (χ1n) is 9.22. The zero-order valence-corrected chi connectivity index (χ0v) is 15.9. The molecule has 8 nitrogen and oxygen atoms in total. The lowest BCUT2D eigenvalue weighted by Crippen LogP contribution is -2.40. The number of rotatable bonds is 4. The molecule has 3 aromatic rings. The number of nitrogens with one attached hydrogen (secondary N) is 1. The number of nitrogens with zero attached hydrogens (tertiary/aromatic N) is 4. The Hall–Kier alpha value is -2.78. The van der Waals surface area contributed by atoms with Crippen molar-refractivity contribution >= 4 is 16.7 Å². The number of aromatic nitrogens is 4. The molecule has 1 aliphatic heterocycles. The number of H-pyrrole nitrogens is 1. The van der Waals surface area contributed by atoms with E-state index in [-0.39, 0.29) is 23.9 Å². The fourth-order valence-electron chi connectivity index (χ4n) is 3.51. The van der Waals surface area contributed by atoms with Crippen LogP contribution in [0.25, 0.3) is 22.3 Å². The number of benzene rings is 1. The third-order valence-electron chi connectivity index (χ3n) is 5.04. The zero-order valence-electron chi connectivity index (χ0n) is 15.9. The summed E-state index contributed by atoms with van der Waals surface area (Å²) in [4.78, 5) is 10.6. The molecule has 4 N–H and O–H groups in total. The maximum atomic E-state index is 14.2. The van der Waals surface area contributed by atoms with Gasteiger partial charge in [-0.25, -0.2) is 14.4 Å². The molecule has 3 atom stereocenters. The molecular weight excluding hydrogens is 363 g/mol. The van der Waals surface area contributed by atoms with E-state index in [9.17, 15) is 9.50 Å². The molecule has 0 radical (unpaired) electrons. The normalized spacial score (nSPS) is 22.4. The van der Waals surface area contributed by atoms with Crippen LogP contribution in [0.5, 0.6) is 5.75 Å². The van der Waals surface area contributed by atoms with E-state index < -0.39 is 11.9 Å². The number of aliphatic hydroxyl groups is 1. The van der Waals surface area contributed by atoms with Gasteiger partial charge in [-0.05, 0) is 26.8 Å². The number of aromatic amines is 1. The van der Waals surface area contributed by atoms with E-state index in [1.807, 2.05) is 25.7 Å². The van der Waals surface area contributed by atoms with Crippen LogP contribution >= 0.6 is 0 Å². The van der Waals surface area contributed by atoms with Crippen LogP contribution in [0.1, 0.15) is 20.8 Å². The van der Waals surface area contributed by atoms with Crippen molar-refractivity contribution < 1.29 is 14.2 Å². The fraction of sp³-hybridized carbons (Fsp3) is 0.421. The molecule has 0 amide bonds. The van der Waals surface area contributed by atoms with Gasteiger partial charge >= 0.3 is 0 Å². The van der Waals surface area contributed by atoms with E-state index in [1.54, 1.807) is 12.1 Å². The van der Waals surface area contributed by atoms with Crippen LogP contribution in [0.2, 0.25) is 0 Å². The van der Waals surface area contributed by atoms with Crippen LogP contribution in [-0.2, 0) is 0 Å². The lowest BCUT2D eigenvalue weighted by atomic mass is 10.1. The van der Waals surface area contributed by atoms with E-state index in [0.29, 0.717) is 34.7 Å². The summed E-state index contributed by atoms with van der Waals surface area (Å²) in [7, 11) is 0. The average Bonchev–Trinajstić information content (AvgIpc) is 3.17. The Morgan fingerprint density at radius 3 is 2.79 bits per heavy atom. The second-order valence-corrected chi connectivity index (χ2v) is 7.37. The maximum absolute atomic E-state index is 14.2. The van der Waals surface area contributed by atoms with Crippen molar-refractivity contribution in [3.63, 3.8) is 0 Å². The molecule has 1 fully saturated rings. The van der Waals surface area contributed by atoms with E-state index in [2.05, 4.69) is 20.2 Å². The van der Waals surface area contributed by atoms with Gasteiger partial charge < -0.3 is 20.5 Å². The molecule has 1 aliphatic rings. The van der Waals surface area contributed by atoms with Gasteiger partial charge in [0, 0.05) is 30.1 Å². The van der Waals surface area contributed by atoms with Crippen LogP contribution < -0.4 is 15.4 Å². The summed E-state index contributed by atoms with van der Waals surface area (Å²) in [6, 6.07) is 4.38. The van der Waals surface area contributed by atoms with Gasteiger partial charge in [0.2, 0.25) is 0 Å². The minimum absolute atomic E-state index is 0.0613. The summed E-state index contributed by atoms with van der Waals surface area (Å²) in [5.41, 5.74) is 7.73. The number of β-amino-alcohol motifs (C(OH)–C–C–N with tert-alkyl or cyclic N) is 1. The largest absolute Gasteiger partial charge is 0.488 e. The summed E-state index contributed by atoms with van der Waals surface area (Å²) >= 11 is 0. The highest BCUT2D eigenvalue weighted by molar-refractivity contribution is 5.93. The van der Waals surface area contributed by atoms with Crippen molar-refractivity contribution in [2.75, 3.05) is 11.4 Å². The van der Waals surface area contributed by atoms with Crippen molar-refractivity contribution in [3.05, 3.63) is 30.3 Å². The van der Waals surface area contributed by atoms with Gasteiger partial charge in [0.15, 0.2) is 11.6 Å². The number of halogens is 1. The molecule has 0 aliphatic carbocycles. The summed E-state index contributed by atoms with van der Waals surface area (Å²) < 4.78 is 19.8. The quantitative estimate of drug-likeness (QED) is 0.627. The molecule has 4 rings (SSSR count). The number of fused-ring (bicyclic) bond motifs is 1. The molecule has 28 heavy (non-hydrogen) atoms. The molecule has 1 unspecified atom stereocenters. The molecule has 2 aromatic heterocycles. The highest BCUT2D eigenvalue weighted by Gasteiger charge is 2.36. The predicted octanol–water partition coefficient (Wildman–Crippen LogP) is 1.84. The Kier molecular flexibility index (Phi) is 4.64. The summed E-state index contributed by atoms with van der Waals surface area (Å²) in [5.74, 6) is 0.372. The van der Waals surface area contributed by atoms with Crippen LogP contribution in [-0.4, -0.2) is 56.1 Å². The number of hydrogen-bond acceptors (Lipinski definition) is 7. The summed E-state index contributed by atoms with van der Waals surface area (Å²) in [6.07, 6.45) is 0.682. The number of ether oxygens (including phenoxy) is 1. The van der Waals surface area contributed by atoms with Crippen molar-refractivity contribution in [1.29, 1.82) is 0 Å². The Bertz CT molecular complexity index is 1010. The van der Waals surface area contributed by atoms with Gasteiger partial charge in [0.25, 0.3) is 0 Å². The highest BCUT2D eigenvalue weighted by Crippen LogP contribution is 2.32. The average molecular weight is 386 g/mol. The number of hydrogen-bond donors (Lipinski definition) is 3. The zero-order chi connectivity index (χ0) is 20.0. The standard InChI is InChI=1S/C19H23FN6O2/c1-9(2)28-16-4-11-13(5-12(16)20)24-25-19(11)14-6-17(23-8-22-14)26-7-15(27)18(21)10(26)3/h4-6,8-10,15,18,27H,7,21H2,1-3H3,(H,24,25)/t10?,15-,18-/m0/s1. The lowest BCUT2D eigenvalue weighted by Gasteiger charge is -2.23. The van der Waals surface area contributed by atoms with Crippen molar-refractivity contribution in [3.8, 4) is 17.1 Å². The molecule has 0 saturated carbocycles. The molecule has 1 aromatic carbocycles. The SMILES string of the molecule is CC(C)Oc1cc2c(-c3cc(N4C[C@H](O)[C@@H](N)C4C)ncn3)n[nH]c2cc1F. The topological polar surface area (TPSA) is 113 Å². The van der Waals surface area contributed by atoms with Gasteiger partial charge in [-0.3, -0.25) is 5.10 Å². The Morgan fingerprint density at radius 2 is 2.11 bits per heavy atom. The molecule has 148 valence electrons. The maximum Gasteiger partial charge on any atom is 0.167 e. The van der Waals surface area contributed by atoms with Gasteiger partial charge in [-0.2, -0.15) is 5.10 Å². The van der Waals surface area contributed by atoms with E-state index in [1.165, 1.54) is 12.4 Å². The van der Waals surface area contributed by atoms with Crippen molar-refractivity contribution in [2.24, 2.45) is 5.73 Å².